The Hall–Kier alpha value is -2.92. The smallest absolute Gasteiger partial charge is 0.416 e. The zero-order valence-corrected chi connectivity index (χ0v) is 15.2. The number of nitrogens with two attached hydrogens (primary N) is 1. The Morgan fingerprint density at radius 3 is 2.04 bits per heavy atom. The first-order valence-corrected chi connectivity index (χ1v) is 9.24. The van der Waals surface area contributed by atoms with Gasteiger partial charge in [-0.3, -0.25) is 4.79 Å². The van der Waals surface area contributed by atoms with Gasteiger partial charge in [-0.1, -0.05) is 0 Å². The third-order valence-electron chi connectivity index (χ3n) is 3.55. The summed E-state index contributed by atoms with van der Waals surface area (Å²) in [5.74, 6) is -1.65. The molecule has 1 atom stereocenters. The van der Waals surface area contributed by atoms with Gasteiger partial charge in [0.15, 0.2) is 6.10 Å². The van der Waals surface area contributed by atoms with Crippen molar-refractivity contribution in [1.82, 2.24) is 0 Å². The van der Waals surface area contributed by atoms with E-state index in [2.05, 4.69) is 5.32 Å². The number of rotatable bonds is 5. The Bertz CT molecular complexity index is 971. The highest BCUT2D eigenvalue weighted by Crippen LogP contribution is 2.29. The van der Waals surface area contributed by atoms with E-state index in [0.29, 0.717) is 0 Å². The second-order valence-corrected chi connectivity index (χ2v) is 7.24. The minimum atomic E-state index is -4.50. The van der Waals surface area contributed by atoms with Gasteiger partial charge >= 0.3 is 12.1 Å². The summed E-state index contributed by atoms with van der Waals surface area (Å²) in [4.78, 5) is 23.9. The number of hydrogen-bond donors (Lipinski definition) is 2. The molecular weight excluding hydrogens is 401 g/mol. The number of anilines is 1. The lowest BCUT2D eigenvalue weighted by molar-refractivity contribution is -0.137. The van der Waals surface area contributed by atoms with Gasteiger partial charge in [-0.2, -0.15) is 13.2 Å². The third-order valence-corrected chi connectivity index (χ3v) is 4.48. The summed E-state index contributed by atoms with van der Waals surface area (Å²) in [5.41, 5.74) is -0.784. The van der Waals surface area contributed by atoms with Crippen LogP contribution in [0.25, 0.3) is 0 Å². The molecule has 0 saturated carbocycles. The van der Waals surface area contributed by atoms with Gasteiger partial charge in [-0.25, -0.2) is 18.4 Å². The van der Waals surface area contributed by atoms with Gasteiger partial charge in [0.25, 0.3) is 5.91 Å². The van der Waals surface area contributed by atoms with Crippen molar-refractivity contribution in [3.8, 4) is 0 Å². The molecule has 0 aliphatic heterocycles. The van der Waals surface area contributed by atoms with Crippen molar-refractivity contribution >= 4 is 27.6 Å². The maximum Gasteiger partial charge on any atom is 0.416 e. The molecule has 11 heteroatoms. The topological polar surface area (TPSA) is 116 Å². The van der Waals surface area contributed by atoms with Gasteiger partial charge < -0.3 is 10.1 Å². The summed E-state index contributed by atoms with van der Waals surface area (Å²) in [5, 5.41) is 7.28. The highest BCUT2D eigenvalue weighted by molar-refractivity contribution is 7.89. The number of halogens is 3. The van der Waals surface area contributed by atoms with Crippen molar-refractivity contribution in [3.63, 3.8) is 0 Å². The standard InChI is InChI=1S/C17H15F3N2O5S/c1-10(15(23)22-13-6-4-12(5-7-13)17(18,19)20)27-16(24)11-2-8-14(9-3-11)28(21,25)26/h2-10H,1H3,(H,22,23)(H2,21,25,26). The number of hydrogen-bond acceptors (Lipinski definition) is 5. The number of sulfonamides is 1. The summed E-state index contributed by atoms with van der Waals surface area (Å²) in [6.45, 7) is 1.27. The first-order valence-electron chi connectivity index (χ1n) is 7.70. The van der Waals surface area contributed by atoms with Gasteiger partial charge in [0.05, 0.1) is 16.0 Å². The fraction of sp³-hybridized carbons (Fsp3) is 0.176. The number of carbonyl (C=O) groups is 2. The van der Waals surface area contributed by atoms with E-state index in [-0.39, 0.29) is 16.1 Å². The number of alkyl halides is 3. The van der Waals surface area contributed by atoms with E-state index in [1.165, 1.54) is 19.1 Å². The molecule has 0 aliphatic carbocycles. The highest BCUT2D eigenvalue weighted by atomic mass is 32.2. The van der Waals surface area contributed by atoms with Gasteiger partial charge in [-0.15, -0.1) is 0 Å². The van der Waals surface area contributed by atoms with Crippen LogP contribution in [-0.4, -0.2) is 26.4 Å². The summed E-state index contributed by atoms with van der Waals surface area (Å²) in [6, 6.07) is 8.31. The zero-order chi connectivity index (χ0) is 21.1. The molecule has 7 nitrogen and oxygen atoms in total. The largest absolute Gasteiger partial charge is 0.449 e. The molecule has 2 rings (SSSR count). The first-order chi connectivity index (χ1) is 12.9. The fourth-order valence-corrected chi connectivity index (χ4v) is 2.56. The first kappa shape index (κ1) is 21.4. The Balaban J connectivity index is 1.99. The number of ether oxygens (including phenoxy) is 1. The summed E-state index contributed by atoms with van der Waals surface area (Å²) < 4.78 is 64.9. The molecule has 28 heavy (non-hydrogen) atoms. The van der Waals surface area contributed by atoms with E-state index in [0.717, 1.165) is 36.4 Å². The van der Waals surface area contributed by atoms with Crippen LogP contribution in [0.5, 0.6) is 0 Å². The van der Waals surface area contributed by atoms with E-state index in [4.69, 9.17) is 9.88 Å². The van der Waals surface area contributed by atoms with Crippen molar-refractivity contribution in [1.29, 1.82) is 0 Å². The molecule has 150 valence electrons. The molecule has 0 fully saturated rings. The number of primary sulfonamides is 1. The molecule has 0 spiro atoms. The molecule has 2 aromatic carbocycles. The highest BCUT2D eigenvalue weighted by Gasteiger charge is 2.30. The second-order valence-electron chi connectivity index (χ2n) is 5.68. The lowest BCUT2D eigenvalue weighted by Crippen LogP contribution is -2.30. The average Bonchev–Trinajstić information content (AvgIpc) is 2.60. The van der Waals surface area contributed by atoms with Crippen molar-refractivity contribution in [2.45, 2.75) is 24.1 Å². The van der Waals surface area contributed by atoms with Crippen molar-refractivity contribution in [3.05, 3.63) is 59.7 Å². The summed E-state index contributed by atoms with van der Waals surface area (Å²) in [7, 11) is -3.92. The van der Waals surface area contributed by atoms with Gasteiger partial charge in [-0.05, 0) is 55.5 Å². The predicted molar refractivity (Wildman–Crippen MR) is 92.8 cm³/mol. The Kier molecular flexibility index (Phi) is 6.10. The molecule has 0 aliphatic rings. The molecule has 1 amide bonds. The van der Waals surface area contributed by atoms with Crippen LogP contribution in [0.3, 0.4) is 0 Å². The quantitative estimate of drug-likeness (QED) is 0.727. The number of nitrogens with one attached hydrogen (secondary N) is 1. The maximum absolute atomic E-state index is 12.5. The van der Waals surface area contributed by atoms with Crippen LogP contribution in [0, 0.1) is 0 Å². The monoisotopic (exact) mass is 416 g/mol. The Morgan fingerprint density at radius 2 is 1.57 bits per heavy atom. The Morgan fingerprint density at radius 1 is 1.04 bits per heavy atom. The van der Waals surface area contributed by atoms with Gasteiger partial charge in [0.1, 0.15) is 0 Å². The van der Waals surface area contributed by atoms with Crippen molar-refractivity contribution in [2.75, 3.05) is 5.32 Å². The summed E-state index contributed by atoms with van der Waals surface area (Å²) in [6.07, 6.45) is -5.75. The van der Waals surface area contributed by atoms with Crippen LogP contribution in [-0.2, 0) is 25.7 Å². The number of amides is 1. The normalized spacial score (nSPS) is 12.9. The third kappa shape index (κ3) is 5.54. The lowest BCUT2D eigenvalue weighted by atomic mass is 10.2. The minimum absolute atomic E-state index is 0.0124. The minimum Gasteiger partial charge on any atom is -0.449 e. The SMILES string of the molecule is CC(OC(=O)c1ccc(S(N)(=O)=O)cc1)C(=O)Nc1ccc(C(F)(F)F)cc1. The van der Waals surface area contributed by atoms with Crippen LogP contribution in [0.15, 0.2) is 53.4 Å². The molecule has 0 heterocycles. The lowest BCUT2D eigenvalue weighted by Gasteiger charge is -2.14. The predicted octanol–water partition coefficient (Wildman–Crippen LogP) is 2.54. The van der Waals surface area contributed by atoms with Crippen molar-refractivity contribution in [2.24, 2.45) is 5.14 Å². The van der Waals surface area contributed by atoms with Crippen LogP contribution in [0.1, 0.15) is 22.8 Å². The summed E-state index contributed by atoms with van der Waals surface area (Å²) >= 11 is 0. The fourth-order valence-electron chi connectivity index (χ4n) is 2.05. The van der Waals surface area contributed by atoms with E-state index in [1.807, 2.05) is 0 Å². The van der Waals surface area contributed by atoms with E-state index < -0.39 is 39.7 Å². The van der Waals surface area contributed by atoms with Crippen LogP contribution in [0.4, 0.5) is 18.9 Å². The molecule has 3 N–H and O–H groups in total. The van der Waals surface area contributed by atoms with Gasteiger partial charge in [0, 0.05) is 5.69 Å². The van der Waals surface area contributed by atoms with Crippen LogP contribution in [0.2, 0.25) is 0 Å². The van der Waals surface area contributed by atoms with Crippen molar-refractivity contribution < 1.29 is 35.9 Å². The Labute approximate surface area is 158 Å². The number of benzene rings is 2. The van der Waals surface area contributed by atoms with Crippen LogP contribution >= 0.6 is 0 Å². The molecule has 0 bridgehead atoms. The molecule has 2 aromatic rings. The van der Waals surface area contributed by atoms with Gasteiger partial charge in [0.2, 0.25) is 10.0 Å². The van der Waals surface area contributed by atoms with Crippen LogP contribution < -0.4 is 10.5 Å². The average molecular weight is 416 g/mol. The zero-order valence-electron chi connectivity index (χ0n) is 14.4. The molecular formula is C17H15F3N2O5S. The molecule has 0 radical (unpaired) electrons. The van der Waals surface area contributed by atoms with E-state index in [9.17, 15) is 31.2 Å². The number of esters is 1. The molecule has 0 aromatic heterocycles. The second kappa shape index (κ2) is 7.98. The molecule has 0 saturated heterocycles. The van der Waals surface area contributed by atoms with E-state index >= 15 is 0 Å². The molecule has 1 unspecified atom stereocenters. The number of carbonyl (C=O) groups excluding carboxylic acids is 2. The maximum atomic E-state index is 12.5. The van der Waals surface area contributed by atoms with E-state index in [1.54, 1.807) is 0 Å².